The lowest BCUT2D eigenvalue weighted by atomic mass is 10.1. The number of anilines is 1. The molecule has 8 heteroatoms. The number of fused-ring (bicyclic) bond motifs is 1. The van der Waals surface area contributed by atoms with Crippen molar-refractivity contribution in [2.75, 3.05) is 22.3 Å². The van der Waals surface area contributed by atoms with Crippen molar-refractivity contribution in [3.63, 3.8) is 0 Å². The first kappa shape index (κ1) is 12.5. The van der Waals surface area contributed by atoms with Crippen molar-refractivity contribution in [3.8, 4) is 0 Å². The van der Waals surface area contributed by atoms with Gasteiger partial charge in [0.2, 0.25) is 0 Å². The normalized spacial score (nSPS) is 20.7. The molecule has 2 N–H and O–H groups in total. The van der Waals surface area contributed by atoms with Crippen LogP contribution in [0.3, 0.4) is 0 Å². The van der Waals surface area contributed by atoms with Gasteiger partial charge in [-0.05, 0) is 5.56 Å². The van der Waals surface area contributed by atoms with Crippen LogP contribution in [0, 0.1) is 0 Å². The molecule has 6 nitrogen and oxygen atoms in total. The highest BCUT2D eigenvalue weighted by Gasteiger charge is 2.33. The number of aromatic nitrogens is 3. The van der Waals surface area contributed by atoms with Gasteiger partial charge in [0.1, 0.15) is 0 Å². The Balaban J connectivity index is 1.83. The Morgan fingerprint density at radius 2 is 2.05 bits per heavy atom. The van der Waals surface area contributed by atoms with Crippen molar-refractivity contribution < 1.29 is 4.57 Å². The smallest absolute Gasteiger partial charge is 0.275 e. The van der Waals surface area contributed by atoms with Crippen LogP contribution in [0.2, 0.25) is 0 Å². The summed E-state index contributed by atoms with van der Waals surface area (Å²) in [5.41, 5.74) is 1.12. The van der Waals surface area contributed by atoms with E-state index in [0.29, 0.717) is 24.4 Å². The number of benzene rings is 1. The predicted octanol–water partition coefficient (Wildman–Crippen LogP) is 2.27. The van der Waals surface area contributed by atoms with E-state index in [4.69, 9.17) is 11.6 Å². The monoisotopic (exact) mass is 297 g/mol. The summed E-state index contributed by atoms with van der Waals surface area (Å²) in [5.74, 6) is 1.53. The molecule has 2 aromatic rings. The van der Waals surface area contributed by atoms with Gasteiger partial charge in [0, 0.05) is 12.3 Å². The van der Waals surface area contributed by atoms with E-state index < -0.39 is 7.44 Å². The minimum absolute atomic E-state index is 0.323. The summed E-state index contributed by atoms with van der Waals surface area (Å²) in [7, 11) is -2.71. The maximum absolute atomic E-state index is 12.3. The lowest BCUT2D eigenvalue weighted by Gasteiger charge is -2.11. The fraction of sp³-hybridized carbons (Fsp3) is 0.273. The molecule has 1 aromatic carbocycles. The van der Waals surface area contributed by atoms with Crippen molar-refractivity contribution in [1.82, 2.24) is 14.9 Å². The van der Waals surface area contributed by atoms with Crippen LogP contribution in [0.5, 0.6) is 0 Å². The Morgan fingerprint density at radius 1 is 1.26 bits per heavy atom. The second kappa shape index (κ2) is 4.87. The Morgan fingerprint density at radius 3 is 2.79 bits per heavy atom. The summed E-state index contributed by atoms with van der Waals surface area (Å²) < 4.78 is 14.0. The van der Waals surface area contributed by atoms with Gasteiger partial charge in [-0.2, -0.15) is 0 Å². The molecule has 0 fully saturated rings. The van der Waals surface area contributed by atoms with Gasteiger partial charge in [-0.15, -0.1) is 21.8 Å². The highest BCUT2D eigenvalue weighted by atomic mass is 35.5. The van der Waals surface area contributed by atoms with E-state index >= 15 is 0 Å². The number of alkyl halides is 1. The van der Waals surface area contributed by atoms with Crippen LogP contribution in [0.25, 0.3) is 0 Å². The molecule has 0 saturated carbocycles. The molecule has 19 heavy (non-hydrogen) atoms. The summed E-state index contributed by atoms with van der Waals surface area (Å²) in [5, 5.41) is 13.9. The largest absolute Gasteiger partial charge is 0.286 e. The lowest BCUT2D eigenvalue weighted by molar-refractivity contribution is 0.580. The zero-order chi connectivity index (χ0) is 13.3. The first-order valence-corrected chi connectivity index (χ1v) is 8.33. The molecule has 0 amide bonds. The third-order valence-electron chi connectivity index (χ3n) is 2.88. The molecule has 1 aromatic heterocycles. The minimum atomic E-state index is -2.71. The Hall–Kier alpha value is -1.52. The van der Waals surface area contributed by atoms with Crippen LogP contribution in [-0.2, 0) is 11.0 Å². The van der Waals surface area contributed by atoms with E-state index in [2.05, 4.69) is 20.5 Å². The molecule has 100 valence electrons. The van der Waals surface area contributed by atoms with E-state index in [1.807, 2.05) is 30.3 Å². The second-order valence-electron chi connectivity index (χ2n) is 4.30. The SMILES string of the molecule is O=P1(CCCl)Nc2nnc(Cc3ccccc3)n2N1. The van der Waals surface area contributed by atoms with Gasteiger partial charge < -0.3 is 0 Å². The fourth-order valence-electron chi connectivity index (χ4n) is 1.96. The van der Waals surface area contributed by atoms with E-state index in [1.54, 1.807) is 4.68 Å². The van der Waals surface area contributed by atoms with E-state index in [-0.39, 0.29) is 0 Å². The van der Waals surface area contributed by atoms with Crippen LogP contribution in [0.15, 0.2) is 30.3 Å². The Labute approximate surface area is 115 Å². The van der Waals surface area contributed by atoms with Crippen molar-refractivity contribution >= 4 is 25.0 Å². The molecule has 3 rings (SSSR count). The Kier molecular flexibility index (Phi) is 3.21. The predicted molar refractivity (Wildman–Crippen MR) is 75.4 cm³/mol. The lowest BCUT2D eigenvalue weighted by Crippen LogP contribution is -2.12. The fourth-order valence-corrected chi connectivity index (χ4v) is 4.18. The number of hydrogen-bond acceptors (Lipinski definition) is 3. The molecule has 0 bridgehead atoms. The molecule has 1 aliphatic heterocycles. The Bertz CT molecular complexity index is 629. The van der Waals surface area contributed by atoms with E-state index in [1.165, 1.54) is 0 Å². The number of rotatable bonds is 4. The van der Waals surface area contributed by atoms with Gasteiger partial charge in [-0.1, -0.05) is 30.3 Å². The van der Waals surface area contributed by atoms with Crippen LogP contribution >= 0.6 is 19.0 Å². The van der Waals surface area contributed by atoms with Crippen molar-refractivity contribution in [3.05, 3.63) is 41.7 Å². The summed E-state index contributed by atoms with van der Waals surface area (Å²) in [6.45, 7) is 0. The van der Waals surface area contributed by atoms with Crippen molar-refractivity contribution in [2.45, 2.75) is 6.42 Å². The van der Waals surface area contributed by atoms with E-state index in [0.717, 1.165) is 11.4 Å². The molecule has 0 spiro atoms. The van der Waals surface area contributed by atoms with Crippen LogP contribution in [-0.4, -0.2) is 26.9 Å². The first-order chi connectivity index (χ1) is 9.20. The quantitative estimate of drug-likeness (QED) is 0.669. The average molecular weight is 298 g/mol. The number of hydrogen-bond donors (Lipinski definition) is 2. The molecule has 1 atom stereocenters. The van der Waals surface area contributed by atoms with Gasteiger partial charge in [-0.25, -0.2) is 4.68 Å². The molecule has 0 saturated heterocycles. The highest BCUT2D eigenvalue weighted by molar-refractivity contribution is 7.66. The number of nitrogens with one attached hydrogen (secondary N) is 2. The minimum Gasteiger partial charge on any atom is -0.286 e. The maximum atomic E-state index is 12.3. The highest BCUT2D eigenvalue weighted by Crippen LogP contribution is 2.47. The molecule has 0 aliphatic carbocycles. The molecular weight excluding hydrogens is 285 g/mol. The van der Waals surface area contributed by atoms with Crippen LogP contribution < -0.4 is 10.3 Å². The zero-order valence-electron chi connectivity index (χ0n) is 10.1. The van der Waals surface area contributed by atoms with E-state index in [9.17, 15) is 4.57 Å². The third-order valence-corrected chi connectivity index (χ3v) is 5.27. The molecule has 1 aliphatic rings. The summed E-state index contributed by atoms with van der Waals surface area (Å²) in [6, 6.07) is 9.94. The van der Waals surface area contributed by atoms with Crippen LogP contribution in [0.4, 0.5) is 5.95 Å². The molecular formula is C11H13ClN5OP. The molecule has 1 unspecified atom stereocenters. The molecule has 2 heterocycles. The summed E-state index contributed by atoms with van der Waals surface area (Å²) >= 11 is 5.65. The summed E-state index contributed by atoms with van der Waals surface area (Å²) in [6.07, 6.45) is 0.992. The maximum Gasteiger partial charge on any atom is 0.275 e. The van der Waals surface area contributed by atoms with Gasteiger partial charge >= 0.3 is 0 Å². The zero-order valence-corrected chi connectivity index (χ0v) is 11.7. The van der Waals surface area contributed by atoms with Crippen molar-refractivity contribution in [1.29, 1.82) is 0 Å². The second-order valence-corrected chi connectivity index (χ2v) is 7.03. The van der Waals surface area contributed by atoms with Gasteiger partial charge in [0.15, 0.2) is 5.82 Å². The van der Waals surface area contributed by atoms with Crippen molar-refractivity contribution in [2.24, 2.45) is 0 Å². The standard InChI is InChI=1S/C11H13ClN5OP/c12-6-7-19(18)15-11-14-13-10(17(11)16-19)8-9-4-2-1-3-5-9/h1-5H,6-8H2,(H2,14,15,16,18). The molecule has 0 radical (unpaired) electrons. The van der Waals surface area contributed by atoms with Gasteiger partial charge in [-0.3, -0.25) is 14.8 Å². The van der Waals surface area contributed by atoms with Gasteiger partial charge in [0.25, 0.3) is 13.4 Å². The number of nitrogens with zero attached hydrogens (tertiary/aromatic N) is 3. The topological polar surface area (TPSA) is 71.8 Å². The third kappa shape index (κ3) is 2.46. The number of halogens is 1. The average Bonchev–Trinajstić information content (AvgIpc) is 2.89. The summed E-state index contributed by atoms with van der Waals surface area (Å²) in [4.78, 5) is 0. The van der Waals surface area contributed by atoms with Gasteiger partial charge in [0.05, 0.1) is 6.16 Å². The first-order valence-electron chi connectivity index (χ1n) is 5.90. The van der Waals surface area contributed by atoms with Crippen LogP contribution in [0.1, 0.15) is 11.4 Å².